The number of fused-ring (bicyclic) bond motifs is 1. The first-order valence-corrected chi connectivity index (χ1v) is 8.81. The maximum atomic E-state index is 6.26. The summed E-state index contributed by atoms with van der Waals surface area (Å²) >= 11 is 6.26. The molecule has 7 heteroatoms. The Morgan fingerprint density at radius 1 is 1.12 bits per heavy atom. The fourth-order valence-corrected chi connectivity index (χ4v) is 3.24. The monoisotopic (exact) mass is 370 g/mol. The van der Waals surface area contributed by atoms with Gasteiger partial charge in [0.05, 0.1) is 25.3 Å². The highest BCUT2D eigenvalue weighted by Crippen LogP contribution is 2.31. The number of hydrogen-bond donors (Lipinski definition) is 1. The molecule has 0 aliphatic carbocycles. The molecule has 1 aromatic carbocycles. The summed E-state index contributed by atoms with van der Waals surface area (Å²) in [5.74, 6) is 2.11. The number of nitrogens with one attached hydrogen (secondary N) is 1. The maximum Gasteiger partial charge on any atom is 0.145 e. The highest BCUT2D eigenvalue weighted by atomic mass is 35.5. The molecule has 2 aromatic heterocycles. The zero-order chi connectivity index (χ0) is 17.9. The fraction of sp³-hybridized carbons (Fsp3) is 0.263. The van der Waals surface area contributed by atoms with Crippen molar-refractivity contribution >= 4 is 39.8 Å². The number of hydrogen-bond acceptors (Lipinski definition) is 6. The molecule has 1 N–H and O–H groups in total. The van der Waals surface area contributed by atoms with Crippen LogP contribution in [0.5, 0.6) is 5.75 Å². The van der Waals surface area contributed by atoms with Crippen molar-refractivity contribution in [2.24, 2.45) is 0 Å². The Morgan fingerprint density at radius 2 is 1.96 bits per heavy atom. The second-order valence-corrected chi connectivity index (χ2v) is 6.37. The van der Waals surface area contributed by atoms with Gasteiger partial charge in [0, 0.05) is 36.4 Å². The summed E-state index contributed by atoms with van der Waals surface area (Å²) < 4.78 is 10.8. The van der Waals surface area contributed by atoms with Gasteiger partial charge < -0.3 is 19.7 Å². The van der Waals surface area contributed by atoms with Crippen molar-refractivity contribution in [3.05, 3.63) is 47.6 Å². The van der Waals surface area contributed by atoms with Gasteiger partial charge in [0.1, 0.15) is 22.9 Å². The number of aromatic nitrogens is 2. The van der Waals surface area contributed by atoms with E-state index in [1.54, 1.807) is 13.3 Å². The van der Waals surface area contributed by atoms with Gasteiger partial charge in [0.2, 0.25) is 0 Å². The molecule has 1 fully saturated rings. The lowest BCUT2D eigenvalue weighted by Crippen LogP contribution is -2.36. The van der Waals surface area contributed by atoms with Crippen LogP contribution in [0.4, 0.5) is 17.3 Å². The predicted molar refractivity (Wildman–Crippen MR) is 104 cm³/mol. The zero-order valence-electron chi connectivity index (χ0n) is 14.4. The predicted octanol–water partition coefficient (Wildman–Crippen LogP) is 3.87. The number of anilines is 3. The smallest absolute Gasteiger partial charge is 0.145 e. The second-order valence-electron chi connectivity index (χ2n) is 5.97. The van der Waals surface area contributed by atoms with Crippen molar-refractivity contribution in [2.45, 2.75) is 0 Å². The van der Waals surface area contributed by atoms with Gasteiger partial charge in [0.25, 0.3) is 0 Å². The van der Waals surface area contributed by atoms with Gasteiger partial charge in [0.15, 0.2) is 0 Å². The van der Waals surface area contributed by atoms with Crippen LogP contribution in [0.1, 0.15) is 0 Å². The van der Waals surface area contributed by atoms with Gasteiger partial charge in [-0.05, 0) is 30.3 Å². The van der Waals surface area contributed by atoms with Crippen molar-refractivity contribution in [1.29, 1.82) is 0 Å². The molecular weight excluding hydrogens is 352 g/mol. The summed E-state index contributed by atoms with van der Waals surface area (Å²) in [5.41, 5.74) is 1.83. The number of ether oxygens (including phenoxy) is 2. The molecule has 0 saturated carbocycles. The maximum absolute atomic E-state index is 6.26. The largest absolute Gasteiger partial charge is 0.494 e. The Hall–Kier alpha value is -2.57. The Bertz CT molecular complexity index is 929. The van der Waals surface area contributed by atoms with E-state index < -0.39 is 0 Å². The Kier molecular flexibility index (Phi) is 4.77. The zero-order valence-corrected chi connectivity index (χ0v) is 15.2. The van der Waals surface area contributed by atoms with E-state index in [-0.39, 0.29) is 0 Å². The van der Waals surface area contributed by atoms with Gasteiger partial charge in [-0.2, -0.15) is 0 Å². The van der Waals surface area contributed by atoms with Crippen LogP contribution in [0.2, 0.25) is 5.02 Å². The van der Waals surface area contributed by atoms with E-state index in [2.05, 4.69) is 20.2 Å². The lowest BCUT2D eigenvalue weighted by Gasteiger charge is -2.28. The average molecular weight is 371 g/mol. The van der Waals surface area contributed by atoms with Crippen LogP contribution in [0, 0.1) is 0 Å². The second kappa shape index (κ2) is 7.35. The lowest BCUT2D eigenvalue weighted by atomic mass is 10.2. The van der Waals surface area contributed by atoms with Crippen molar-refractivity contribution in [1.82, 2.24) is 9.97 Å². The van der Waals surface area contributed by atoms with E-state index in [0.29, 0.717) is 22.1 Å². The number of methoxy groups -OCH3 is 1. The van der Waals surface area contributed by atoms with Crippen LogP contribution in [0.3, 0.4) is 0 Å². The van der Waals surface area contributed by atoms with Crippen LogP contribution in [-0.4, -0.2) is 43.4 Å². The van der Waals surface area contributed by atoms with E-state index in [4.69, 9.17) is 21.1 Å². The summed E-state index contributed by atoms with van der Waals surface area (Å²) in [4.78, 5) is 11.3. The topological polar surface area (TPSA) is 59.5 Å². The third-order valence-electron chi connectivity index (χ3n) is 4.36. The molecule has 1 aliphatic rings. The summed E-state index contributed by atoms with van der Waals surface area (Å²) in [6, 6.07) is 11.5. The summed E-state index contributed by atoms with van der Waals surface area (Å²) in [6.07, 6.45) is 1.80. The fourth-order valence-electron chi connectivity index (χ4n) is 3.03. The molecule has 134 valence electrons. The number of benzene rings is 1. The van der Waals surface area contributed by atoms with E-state index in [1.165, 1.54) is 0 Å². The van der Waals surface area contributed by atoms with Crippen molar-refractivity contribution in [2.75, 3.05) is 43.6 Å². The van der Waals surface area contributed by atoms with Crippen molar-refractivity contribution in [3.8, 4) is 5.75 Å². The molecule has 1 aliphatic heterocycles. The van der Waals surface area contributed by atoms with Crippen LogP contribution < -0.4 is 15.0 Å². The number of halogens is 1. The van der Waals surface area contributed by atoms with Crippen LogP contribution >= 0.6 is 11.6 Å². The highest BCUT2D eigenvalue weighted by molar-refractivity contribution is 6.35. The van der Waals surface area contributed by atoms with Crippen molar-refractivity contribution < 1.29 is 9.47 Å². The van der Waals surface area contributed by atoms with Gasteiger partial charge in [-0.15, -0.1) is 0 Å². The minimum absolute atomic E-state index is 0.646. The van der Waals surface area contributed by atoms with Crippen LogP contribution in [-0.2, 0) is 4.74 Å². The number of rotatable bonds is 4. The number of pyridine rings is 2. The Labute approximate surface area is 156 Å². The first-order valence-electron chi connectivity index (χ1n) is 8.43. The van der Waals surface area contributed by atoms with Crippen LogP contribution in [0.15, 0.2) is 42.6 Å². The molecule has 0 bridgehead atoms. The normalized spacial score (nSPS) is 14.5. The molecule has 4 rings (SSSR count). The van der Waals surface area contributed by atoms with E-state index in [9.17, 15) is 0 Å². The molecule has 6 nitrogen and oxygen atoms in total. The summed E-state index contributed by atoms with van der Waals surface area (Å²) in [7, 11) is 1.62. The Morgan fingerprint density at radius 3 is 2.77 bits per heavy atom. The summed E-state index contributed by atoms with van der Waals surface area (Å²) in [5, 5.41) is 4.77. The molecule has 3 aromatic rings. The highest BCUT2D eigenvalue weighted by Gasteiger charge is 2.12. The van der Waals surface area contributed by atoms with Crippen LogP contribution in [0.25, 0.3) is 10.9 Å². The molecule has 1 saturated heterocycles. The first kappa shape index (κ1) is 16.9. The van der Waals surface area contributed by atoms with Gasteiger partial charge >= 0.3 is 0 Å². The van der Waals surface area contributed by atoms with Gasteiger partial charge in [-0.1, -0.05) is 11.6 Å². The molecule has 0 spiro atoms. The molecule has 3 heterocycles. The molecule has 0 amide bonds. The van der Waals surface area contributed by atoms with Gasteiger partial charge in [-0.3, -0.25) is 0 Å². The van der Waals surface area contributed by atoms with Crippen molar-refractivity contribution in [3.63, 3.8) is 0 Å². The first-order chi connectivity index (χ1) is 12.7. The minimum Gasteiger partial charge on any atom is -0.494 e. The standard InChI is InChI=1S/C19H19ClN4O2/c1-25-16-4-3-15(20)14-2-5-17(23-19(14)16)22-18-12-13(6-7-21-18)24-8-10-26-11-9-24/h2-7,12H,8-11H2,1H3,(H,21,22,23). The molecular formula is C19H19ClN4O2. The molecule has 0 atom stereocenters. The average Bonchev–Trinajstić information content (AvgIpc) is 2.69. The van der Waals surface area contributed by atoms with E-state index in [1.807, 2.05) is 36.4 Å². The molecule has 0 radical (unpaired) electrons. The lowest BCUT2D eigenvalue weighted by molar-refractivity contribution is 0.122. The Balaban J connectivity index is 1.63. The molecule has 0 unspecified atom stereocenters. The van der Waals surface area contributed by atoms with E-state index >= 15 is 0 Å². The SMILES string of the molecule is COc1ccc(Cl)c2ccc(Nc3cc(N4CCOCC4)ccn3)nc12. The number of morpholine rings is 1. The minimum atomic E-state index is 0.646. The third kappa shape index (κ3) is 3.38. The summed E-state index contributed by atoms with van der Waals surface area (Å²) in [6.45, 7) is 3.26. The number of nitrogens with zero attached hydrogens (tertiary/aromatic N) is 3. The third-order valence-corrected chi connectivity index (χ3v) is 4.69. The van der Waals surface area contributed by atoms with Gasteiger partial charge in [-0.25, -0.2) is 9.97 Å². The van der Waals surface area contributed by atoms with E-state index in [0.717, 1.165) is 43.2 Å². The quantitative estimate of drug-likeness (QED) is 0.752. The molecule has 26 heavy (non-hydrogen) atoms.